The molecule has 2 heterocycles. The van der Waals surface area contributed by atoms with Crippen LogP contribution in [-0.4, -0.2) is 60.8 Å². The van der Waals surface area contributed by atoms with E-state index in [9.17, 15) is 4.79 Å². The molecule has 31 heavy (non-hydrogen) atoms. The number of carbonyl (C=O) groups excluding carboxylic acids is 1. The number of rotatable bonds is 6. The van der Waals surface area contributed by atoms with Gasteiger partial charge >= 0.3 is 0 Å². The smallest absolute Gasteiger partial charge is 0.254 e. The quantitative estimate of drug-likeness (QED) is 0.594. The van der Waals surface area contributed by atoms with Crippen molar-refractivity contribution in [3.63, 3.8) is 0 Å². The van der Waals surface area contributed by atoms with Crippen molar-refractivity contribution in [1.82, 2.24) is 14.9 Å². The van der Waals surface area contributed by atoms with Crippen molar-refractivity contribution in [3.8, 4) is 11.3 Å². The predicted molar refractivity (Wildman–Crippen MR) is 121 cm³/mol. The highest BCUT2D eigenvalue weighted by molar-refractivity contribution is 5.94. The lowest BCUT2D eigenvalue weighted by Gasteiger charge is -2.28. The molecule has 0 unspecified atom stereocenters. The molecule has 0 radical (unpaired) electrons. The summed E-state index contributed by atoms with van der Waals surface area (Å²) >= 11 is 0. The third-order valence-corrected chi connectivity index (χ3v) is 5.20. The highest BCUT2D eigenvalue weighted by Gasteiger charge is 2.12. The van der Waals surface area contributed by atoms with Crippen LogP contribution >= 0.6 is 0 Å². The first-order valence-electron chi connectivity index (χ1n) is 10.2. The Morgan fingerprint density at radius 2 is 1.81 bits per heavy atom. The average molecular weight is 419 g/mol. The van der Waals surface area contributed by atoms with Crippen LogP contribution in [0.15, 0.2) is 60.8 Å². The molecule has 0 aliphatic carbocycles. The standard InChI is InChI=1S/C23H26N6O2/c1-28(16-24)22(30)18-4-2-17(3-5-18)21-10-11-25-23(27-21)26-19-6-8-20(9-7-19)29-12-14-31-15-13-29/h2-11H,12-16,24H2,1H3,(H,25,26,27). The third-order valence-electron chi connectivity index (χ3n) is 5.20. The minimum Gasteiger partial charge on any atom is -0.378 e. The maximum absolute atomic E-state index is 12.2. The summed E-state index contributed by atoms with van der Waals surface area (Å²) < 4.78 is 5.41. The number of nitrogens with zero attached hydrogens (tertiary/aromatic N) is 4. The number of ether oxygens (including phenoxy) is 1. The molecular formula is C23H26N6O2. The van der Waals surface area contributed by atoms with Crippen LogP contribution in [-0.2, 0) is 4.74 Å². The van der Waals surface area contributed by atoms with Gasteiger partial charge in [0.1, 0.15) is 0 Å². The monoisotopic (exact) mass is 418 g/mol. The van der Waals surface area contributed by atoms with Crippen LogP contribution in [0, 0.1) is 0 Å². The lowest BCUT2D eigenvalue weighted by Crippen LogP contribution is -2.36. The minimum absolute atomic E-state index is 0.111. The van der Waals surface area contributed by atoms with E-state index in [1.54, 1.807) is 25.4 Å². The number of hydrogen-bond donors (Lipinski definition) is 2. The zero-order valence-electron chi connectivity index (χ0n) is 17.5. The third kappa shape index (κ3) is 4.99. The second-order valence-corrected chi connectivity index (χ2v) is 7.30. The van der Waals surface area contributed by atoms with Gasteiger partial charge in [0.25, 0.3) is 5.91 Å². The van der Waals surface area contributed by atoms with E-state index < -0.39 is 0 Å². The molecule has 8 nitrogen and oxygen atoms in total. The fourth-order valence-electron chi connectivity index (χ4n) is 3.37. The Morgan fingerprint density at radius 1 is 1.10 bits per heavy atom. The number of hydrogen-bond acceptors (Lipinski definition) is 7. The van der Waals surface area contributed by atoms with Crippen molar-refractivity contribution in [1.29, 1.82) is 0 Å². The van der Waals surface area contributed by atoms with E-state index in [0.29, 0.717) is 11.5 Å². The zero-order valence-corrected chi connectivity index (χ0v) is 17.5. The first kappa shape index (κ1) is 20.8. The molecule has 0 bridgehead atoms. The zero-order chi connectivity index (χ0) is 21.6. The van der Waals surface area contributed by atoms with Gasteiger partial charge in [-0.15, -0.1) is 0 Å². The van der Waals surface area contributed by atoms with Gasteiger partial charge in [0.15, 0.2) is 0 Å². The first-order valence-corrected chi connectivity index (χ1v) is 10.2. The molecule has 4 rings (SSSR count). The summed E-state index contributed by atoms with van der Waals surface area (Å²) in [6.07, 6.45) is 1.72. The molecule has 3 N–H and O–H groups in total. The van der Waals surface area contributed by atoms with Crippen LogP contribution in [0.5, 0.6) is 0 Å². The van der Waals surface area contributed by atoms with Crippen molar-refractivity contribution in [2.24, 2.45) is 5.73 Å². The Balaban J connectivity index is 1.45. The normalized spacial score (nSPS) is 13.7. The molecule has 1 amide bonds. The summed E-state index contributed by atoms with van der Waals surface area (Å²) in [5.74, 6) is 0.402. The highest BCUT2D eigenvalue weighted by Crippen LogP contribution is 2.23. The largest absolute Gasteiger partial charge is 0.378 e. The second-order valence-electron chi connectivity index (χ2n) is 7.30. The van der Waals surface area contributed by atoms with Gasteiger partial charge in [-0.25, -0.2) is 9.97 Å². The molecule has 0 atom stereocenters. The summed E-state index contributed by atoms with van der Waals surface area (Å²) in [6.45, 7) is 3.52. The van der Waals surface area contributed by atoms with E-state index in [-0.39, 0.29) is 12.6 Å². The van der Waals surface area contributed by atoms with Gasteiger partial charge in [-0.2, -0.15) is 0 Å². The number of anilines is 3. The highest BCUT2D eigenvalue weighted by atomic mass is 16.5. The molecule has 1 fully saturated rings. The van der Waals surface area contributed by atoms with Gasteiger partial charge in [0.2, 0.25) is 5.95 Å². The van der Waals surface area contributed by atoms with Gasteiger partial charge in [-0.05, 0) is 42.5 Å². The molecule has 2 aromatic carbocycles. The molecule has 0 spiro atoms. The Hall–Kier alpha value is -3.49. The molecule has 1 aliphatic heterocycles. The summed E-state index contributed by atoms with van der Waals surface area (Å²) in [5, 5.41) is 3.26. The maximum Gasteiger partial charge on any atom is 0.254 e. The van der Waals surface area contributed by atoms with E-state index in [0.717, 1.165) is 43.2 Å². The van der Waals surface area contributed by atoms with Crippen LogP contribution in [0.3, 0.4) is 0 Å². The van der Waals surface area contributed by atoms with Crippen molar-refractivity contribution >= 4 is 23.2 Å². The molecule has 1 aliphatic rings. The van der Waals surface area contributed by atoms with Crippen LogP contribution in [0.1, 0.15) is 10.4 Å². The van der Waals surface area contributed by atoms with E-state index in [2.05, 4.69) is 32.3 Å². The van der Waals surface area contributed by atoms with Crippen LogP contribution in [0.2, 0.25) is 0 Å². The molecule has 160 valence electrons. The first-order chi connectivity index (χ1) is 15.1. The van der Waals surface area contributed by atoms with Gasteiger partial charge in [-0.1, -0.05) is 12.1 Å². The molecule has 0 saturated carbocycles. The van der Waals surface area contributed by atoms with Gasteiger partial charge < -0.3 is 25.6 Å². The van der Waals surface area contributed by atoms with Crippen molar-refractivity contribution in [3.05, 3.63) is 66.4 Å². The lowest BCUT2D eigenvalue weighted by molar-refractivity contribution is 0.0799. The fourth-order valence-corrected chi connectivity index (χ4v) is 3.37. The van der Waals surface area contributed by atoms with E-state index in [4.69, 9.17) is 10.5 Å². The Kier molecular flexibility index (Phi) is 6.40. The number of aromatic nitrogens is 2. The Labute approximate surface area is 181 Å². The number of amides is 1. The second kappa shape index (κ2) is 9.55. The molecule has 1 aromatic heterocycles. The van der Waals surface area contributed by atoms with Crippen LogP contribution in [0.4, 0.5) is 17.3 Å². The maximum atomic E-state index is 12.2. The van der Waals surface area contributed by atoms with Gasteiger partial charge in [0.05, 0.1) is 25.6 Å². The number of nitrogens with two attached hydrogens (primary N) is 1. The van der Waals surface area contributed by atoms with Crippen molar-refractivity contribution in [2.75, 3.05) is 50.2 Å². The SMILES string of the molecule is CN(CN)C(=O)c1ccc(-c2ccnc(Nc3ccc(N4CCOCC4)cc3)n2)cc1. The van der Waals surface area contributed by atoms with Gasteiger partial charge in [-0.3, -0.25) is 4.79 Å². The lowest BCUT2D eigenvalue weighted by atomic mass is 10.1. The van der Waals surface area contributed by atoms with E-state index in [1.807, 2.05) is 30.3 Å². The van der Waals surface area contributed by atoms with Crippen LogP contribution < -0.4 is 16.0 Å². The molecule has 8 heteroatoms. The van der Waals surface area contributed by atoms with Crippen molar-refractivity contribution in [2.45, 2.75) is 0 Å². The summed E-state index contributed by atoms with van der Waals surface area (Å²) in [7, 11) is 1.67. The topological polar surface area (TPSA) is 96.6 Å². The van der Waals surface area contributed by atoms with E-state index >= 15 is 0 Å². The molecule has 3 aromatic rings. The average Bonchev–Trinajstić information content (AvgIpc) is 2.84. The van der Waals surface area contributed by atoms with E-state index in [1.165, 1.54) is 10.6 Å². The summed E-state index contributed by atoms with van der Waals surface area (Å²) in [4.78, 5) is 24.9. The predicted octanol–water partition coefficient (Wildman–Crippen LogP) is 2.71. The Morgan fingerprint density at radius 3 is 2.48 bits per heavy atom. The van der Waals surface area contributed by atoms with Gasteiger partial charge in [0, 0.05) is 48.8 Å². The molecule has 1 saturated heterocycles. The number of nitrogens with one attached hydrogen (secondary N) is 1. The number of benzene rings is 2. The summed E-state index contributed by atoms with van der Waals surface area (Å²) in [5.41, 5.74) is 9.89. The molecular weight excluding hydrogens is 392 g/mol. The summed E-state index contributed by atoms with van der Waals surface area (Å²) in [6, 6.07) is 17.4. The van der Waals surface area contributed by atoms with Crippen molar-refractivity contribution < 1.29 is 9.53 Å². The minimum atomic E-state index is -0.111. The number of morpholine rings is 1. The van der Waals surface area contributed by atoms with Crippen LogP contribution in [0.25, 0.3) is 11.3 Å². The number of carbonyl (C=O) groups is 1. The fraction of sp³-hybridized carbons (Fsp3) is 0.261. The Bertz CT molecular complexity index is 1020.